The van der Waals surface area contributed by atoms with Gasteiger partial charge in [0.15, 0.2) is 0 Å². The van der Waals surface area contributed by atoms with Crippen LogP contribution in [0.3, 0.4) is 0 Å². The van der Waals surface area contributed by atoms with Crippen LogP contribution in [0.15, 0.2) is 54.7 Å². The van der Waals surface area contributed by atoms with Crippen LogP contribution in [-0.4, -0.2) is 60.5 Å². The molecule has 0 atom stereocenters. The van der Waals surface area contributed by atoms with Gasteiger partial charge in [-0.1, -0.05) is 30.3 Å². The van der Waals surface area contributed by atoms with Crippen LogP contribution in [0.4, 0.5) is 0 Å². The van der Waals surface area contributed by atoms with E-state index in [2.05, 4.69) is 34.1 Å². The van der Waals surface area contributed by atoms with E-state index < -0.39 is 0 Å². The number of methoxy groups -OCH3 is 1. The Morgan fingerprint density at radius 2 is 1.85 bits per heavy atom. The third kappa shape index (κ3) is 3.83. The fraction of sp³-hybridized carbons (Fsp3) is 0.318. The number of benzene rings is 2. The van der Waals surface area contributed by atoms with Crippen LogP contribution in [0, 0.1) is 0 Å². The standard InChI is InChI=1S/C22H25N3O2/c1-27-19-15-18-7-9-23-21(18)20(16-19)22(26)25-13-11-24(12-14-25)10-8-17-5-3-2-4-6-17/h2-7,9,15-16,23H,8,10-14H2,1H3. The van der Waals surface area contributed by atoms with Gasteiger partial charge in [-0.2, -0.15) is 0 Å². The number of hydrogen-bond donors (Lipinski definition) is 1. The summed E-state index contributed by atoms with van der Waals surface area (Å²) in [6, 6.07) is 16.3. The van der Waals surface area contributed by atoms with Gasteiger partial charge in [0.25, 0.3) is 5.91 Å². The van der Waals surface area contributed by atoms with Crippen molar-refractivity contribution in [2.45, 2.75) is 6.42 Å². The Balaban J connectivity index is 1.39. The molecule has 5 heteroatoms. The second-order valence-corrected chi connectivity index (χ2v) is 6.99. The first-order chi connectivity index (χ1) is 13.2. The molecule has 1 fully saturated rings. The molecule has 5 nitrogen and oxygen atoms in total. The molecular formula is C22H25N3O2. The van der Waals surface area contributed by atoms with Gasteiger partial charge in [-0.3, -0.25) is 9.69 Å². The van der Waals surface area contributed by atoms with E-state index in [9.17, 15) is 4.79 Å². The summed E-state index contributed by atoms with van der Waals surface area (Å²) in [7, 11) is 1.63. The van der Waals surface area contributed by atoms with Crippen molar-refractivity contribution in [3.05, 3.63) is 65.9 Å². The predicted molar refractivity (Wildman–Crippen MR) is 107 cm³/mol. The Hall–Kier alpha value is -2.79. The minimum absolute atomic E-state index is 0.0732. The van der Waals surface area contributed by atoms with Crippen molar-refractivity contribution in [1.82, 2.24) is 14.8 Å². The monoisotopic (exact) mass is 363 g/mol. The van der Waals surface area contributed by atoms with E-state index in [4.69, 9.17) is 4.74 Å². The van der Waals surface area contributed by atoms with Gasteiger partial charge in [0.1, 0.15) is 5.75 Å². The summed E-state index contributed by atoms with van der Waals surface area (Å²) in [5.41, 5.74) is 2.93. The number of fused-ring (bicyclic) bond motifs is 1. The number of H-pyrrole nitrogens is 1. The van der Waals surface area contributed by atoms with Gasteiger partial charge in [-0.05, 0) is 30.2 Å². The summed E-state index contributed by atoms with van der Waals surface area (Å²) in [5, 5.41) is 0.999. The molecule has 0 aliphatic carbocycles. The Kier molecular flexibility index (Phi) is 5.12. The molecule has 1 amide bonds. The third-order valence-electron chi connectivity index (χ3n) is 5.32. The molecule has 2 aromatic carbocycles. The maximum atomic E-state index is 13.1. The number of hydrogen-bond acceptors (Lipinski definition) is 3. The SMILES string of the molecule is COc1cc(C(=O)N2CCN(CCc3ccccc3)CC2)c2[nH]ccc2c1. The van der Waals surface area contributed by atoms with E-state index in [-0.39, 0.29) is 5.91 Å². The fourth-order valence-corrected chi connectivity index (χ4v) is 3.71. The van der Waals surface area contributed by atoms with Crippen LogP contribution in [0.1, 0.15) is 15.9 Å². The molecule has 0 bridgehead atoms. The van der Waals surface area contributed by atoms with Crippen molar-refractivity contribution in [1.29, 1.82) is 0 Å². The van der Waals surface area contributed by atoms with Gasteiger partial charge < -0.3 is 14.6 Å². The van der Waals surface area contributed by atoms with Crippen molar-refractivity contribution < 1.29 is 9.53 Å². The molecule has 1 aromatic heterocycles. The number of aromatic amines is 1. The van der Waals surface area contributed by atoms with Crippen molar-refractivity contribution >= 4 is 16.8 Å². The van der Waals surface area contributed by atoms with Crippen LogP contribution < -0.4 is 4.74 Å². The van der Waals surface area contributed by atoms with Gasteiger partial charge in [-0.25, -0.2) is 0 Å². The number of aromatic nitrogens is 1. The summed E-state index contributed by atoms with van der Waals surface area (Å²) in [4.78, 5) is 20.7. The molecule has 4 rings (SSSR count). The smallest absolute Gasteiger partial charge is 0.256 e. The summed E-state index contributed by atoms with van der Waals surface area (Å²) in [5.74, 6) is 0.788. The predicted octanol–water partition coefficient (Wildman–Crippen LogP) is 3.18. The van der Waals surface area contributed by atoms with E-state index >= 15 is 0 Å². The number of nitrogens with one attached hydrogen (secondary N) is 1. The summed E-state index contributed by atoms with van der Waals surface area (Å²) >= 11 is 0. The van der Waals surface area contributed by atoms with E-state index in [0.29, 0.717) is 11.3 Å². The van der Waals surface area contributed by atoms with Crippen LogP contribution in [0.25, 0.3) is 10.9 Å². The highest BCUT2D eigenvalue weighted by Gasteiger charge is 2.24. The van der Waals surface area contributed by atoms with Crippen molar-refractivity contribution in [2.24, 2.45) is 0 Å². The zero-order chi connectivity index (χ0) is 18.6. The van der Waals surface area contributed by atoms with Crippen LogP contribution in [0.2, 0.25) is 0 Å². The van der Waals surface area contributed by atoms with E-state index in [1.54, 1.807) is 7.11 Å². The molecule has 3 aromatic rings. The number of carbonyl (C=O) groups is 1. The Labute approximate surface area is 159 Å². The van der Waals surface area contributed by atoms with Crippen molar-refractivity contribution in [2.75, 3.05) is 39.8 Å². The van der Waals surface area contributed by atoms with Gasteiger partial charge in [0, 0.05) is 44.3 Å². The van der Waals surface area contributed by atoms with Gasteiger partial charge in [0.05, 0.1) is 18.2 Å². The molecule has 1 N–H and O–H groups in total. The number of carbonyl (C=O) groups excluding carboxylic acids is 1. The summed E-state index contributed by atoms with van der Waals surface area (Å²) < 4.78 is 5.37. The molecule has 1 aliphatic rings. The fourth-order valence-electron chi connectivity index (χ4n) is 3.71. The van der Waals surface area contributed by atoms with E-state index in [1.165, 1.54) is 5.56 Å². The number of piperazine rings is 1. The molecule has 0 spiro atoms. The maximum Gasteiger partial charge on any atom is 0.256 e. The first-order valence-electron chi connectivity index (χ1n) is 9.45. The quantitative estimate of drug-likeness (QED) is 0.757. The van der Waals surface area contributed by atoms with Crippen LogP contribution >= 0.6 is 0 Å². The largest absolute Gasteiger partial charge is 0.497 e. The minimum atomic E-state index is 0.0732. The number of ether oxygens (including phenoxy) is 1. The molecule has 0 unspecified atom stereocenters. The highest BCUT2D eigenvalue weighted by molar-refractivity contribution is 6.06. The molecule has 0 radical (unpaired) electrons. The van der Waals surface area contributed by atoms with Gasteiger partial charge in [-0.15, -0.1) is 0 Å². The number of rotatable bonds is 5. The number of nitrogens with zero attached hydrogens (tertiary/aromatic N) is 2. The highest BCUT2D eigenvalue weighted by atomic mass is 16.5. The van der Waals surface area contributed by atoms with Crippen LogP contribution in [-0.2, 0) is 6.42 Å². The summed E-state index contributed by atoms with van der Waals surface area (Å²) in [6.45, 7) is 4.37. The zero-order valence-electron chi connectivity index (χ0n) is 15.6. The van der Waals surface area contributed by atoms with Crippen molar-refractivity contribution in [3.63, 3.8) is 0 Å². The molecule has 140 valence electrons. The zero-order valence-corrected chi connectivity index (χ0v) is 15.6. The Morgan fingerprint density at radius 3 is 2.59 bits per heavy atom. The Bertz CT molecular complexity index is 912. The minimum Gasteiger partial charge on any atom is -0.497 e. The second kappa shape index (κ2) is 7.84. The third-order valence-corrected chi connectivity index (χ3v) is 5.32. The van der Waals surface area contributed by atoms with E-state index in [0.717, 1.165) is 50.0 Å². The summed E-state index contributed by atoms with van der Waals surface area (Å²) in [6.07, 6.45) is 2.91. The lowest BCUT2D eigenvalue weighted by Crippen LogP contribution is -2.49. The molecular weight excluding hydrogens is 338 g/mol. The molecule has 0 saturated carbocycles. The lowest BCUT2D eigenvalue weighted by molar-refractivity contribution is 0.0640. The Morgan fingerprint density at radius 1 is 1.07 bits per heavy atom. The highest BCUT2D eigenvalue weighted by Crippen LogP contribution is 2.26. The second-order valence-electron chi connectivity index (χ2n) is 6.99. The lowest BCUT2D eigenvalue weighted by atomic mass is 10.1. The molecule has 2 heterocycles. The first-order valence-corrected chi connectivity index (χ1v) is 9.45. The van der Waals surface area contributed by atoms with Gasteiger partial charge in [0.2, 0.25) is 0 Å². The molecule has 1 aliphatic heterocycles. The maximum absolute atomic E-state index is 13.1. The van der Waals surface area contributed by atoms with Crippen molar-refractivity contribution in [3.8, 4) is 5.75 Å². The normalized spacial score (nSPS) is 15.2. The lowest BCUT2D eigenvalue weighted by Gasteiger charge is -2.35. The average molecular weight is 363 g/mol. The molecule has 27 heavy (non-hydrogen) atoms. The average Bonchev–Trinajstić information content (AvgIpc) is 3.21. The topological polar surface area (TPSA) is 48.6 Å². The molecule has 1 saturated heterocycles. The van der Waals surface area contributed by atoms with Crippen LogP contribution in [0.5, 0.6) is 5.75 Å². The number of amides is 1. The van der Waals surface area contributed by atoms with E-state index in [1.807, 2.05) is 35.4 Å². The van der Waals surface area contributed by atoms with Gasteiger partial charge >= 0.3 is 0 Å². The first kappa shape index (κ1) is 17.6.